The molecule has 0 saturated heterocycles. The van der Waals surface area contributed by atoms with Gasteiger partial charge in [0.15, 0.2) is 11.7 Å². The van der Waals surface area contributed by atoms with Gasteiger partial charge in [0.2, 0.25) is 9.84 Å². The van der Waals surface area contributed by atoms with Gasteiger partial charge < -0.3 is 9.47 Å². The van der Waals surface area contributed by atoms with Gasteiger partial charge in [0, 0.05) is 7.11 Å². The van der Waals surface area contributed by atoms with Gasteiger partial charge in [0.25, 0.3) is 0 Å². The lowest BCUT2D eigenvalue weighted by Gasteiger charge is -2.13. The maximum absolute atomic E-state index is 12.1. The molecule has 1 aromatic carbocycles. The van der Waals surface area contributed by atoms with E-state index in [1.807, 2.05) is 0 Å². The van der Waals surface area contributed by atoms with Gasteiger partial charge in [-0.15, -0.1) is 0 Å². The first-order valence-corrected chi connectivity index (χ1v) is 6.35. The Bertz CT molecular complexity index is 478. The van der Waals surface area contributed by atoms with Gasteiger partial charge in [-0.05, 0) is 24.3 Å². The van der Waals surface area contributed by atoms with Crippen molar-refractivity contribution in [2.24, 2.45) is 0 Å². The van der Waals surface area contributed by atoms with Crippen LogP contribution in [0.3, 0.4) is 0 Å². The number of sulfone groups is 1. The lowest BCUT2D eigenvalue weighted by atomic mass is 10.4. The molecule has 0 aliphatic carbocycles. The van der Waals surface area contributed by atoms with Crippen LogP contribution in [0.15, 0.2) is 47.4 Å². The molecular weight excluding hydrogens is 228 g/mol. The molecular formula is C11H12O4S. The monoisotopic (exact) mass is 240 g/mol. The molecule has 86 valence electrons. The standard InChI is InChI=1S/C11H12O4S/c1-14-10-7-8-11(15-10)16(12,13)9-5-3-2-4-6-9/h2-8,10-11H,1H3/t10-,11-/m1/s1. The van der Waals surface area contributed by atoms with E-state index in [1.54, 1.807) is 36.4 Å². The van der Waals surface area contributed by atoms with Gasteiger partial charge in [-0.1, -0.05) is 18.2 Å². The maximum atomic E-state index is 12.1. The van der Waals surface area contributed by atoms with Crippen molar-refractivity contribution in [1.29, 1.82) is 0 Å². The van der Waals surface area contributed by atoms with Crippen molar-refractivity contribution in [3.05, 3.63) is 42.5 Å². The molecule has 16 heavy (non-hydrogen) atoms. The van der Waals surface area contributed by atoms with Crippen LogP contribution >= 0.6 is 0 Å². The Morgan fingerprint density at radius 3 is 2.44 bits per heavy atom. The SMILES string of the molecule is CO[C@H]1C=C[C@@H](S(=O)(=O)c2ccccc2)O1. The molecule has 0 spiro atoms. The molecule has 2 atom stereocenters. The van der Waals surface area contributed by atoms with Crippen LogP contribution in [0.5, 0.6) is 0 Å². The first-order valence-electron chi connectivity index (χ1n) is 4.80. The summed E-state index contributed by atoms with van der Waals surface area (Å²) in [5.41, 5.74) is -0.958. The summed E-state index contributed by atoms with van der Waals surface area (Å²) < 4.78 is 34.2. The lowest BCUT2D eigenvalue weighted by Crippen LogP contribution is -2.23. The van der Waals surface area contributed by atoms with Crippen molar-refractivity contribution in [3.63, 3.8) is 0 Å². The molecule has 1 heterocycles. The number of benzene rings is 1. The zero-order valence-corrected chi connectivity index (χ0v) is 9.55. The third kappa shape index (κ3) is 2.02. The van der Waals surface area contributed by atoms with E-state index in [2.05, 4.69) is 0 Å². The second kappa shape index (κ2) is 4.37. The average molecular weight is 240 g/mol. The van der Waals surface area contributed by atoms with Crippen LogP contribution < -0.4 is 0 Å². The number of hydrogen-bond donors (Lipinski definition) is 0. The Morgan fingerprint density at radius 1 is 1.19 bits per heavy atom. The molecule has 5 heteroatoms. The minimum absolute atomic E-state index is 0.251. The highest BCUT2D eigenvalue weighted by atomic mass is 32.2. The second-order valence-corrected chi connectivity index (χ2v) is 5.38. The highest BCUT2D eigenvalue weighted by Crippen LogP contribution is 2.23. The van der Waals surface area contributed by atoms with Gasteiger partial charge in [-0.25, -0.2) is 8.42 Å². The third-order valence-electron chi connectivity index (χ3n) is 2.30. The number of methoxy groups -OCH3 is 1. The molecule has 0 aromatic heterocycles. The maximum Gasteiger partial charge on any atom is 0.209 e. The van der Waals surface area contributed by atoms with Gasteiger partial charge in [-0.2, -0.15) is 0 Å². The van der Waals surface area contributed by atoms with Crippen molar-refractivity contribution in [1.82, 2.24) is 0 Å². The topological polar surface area (TPSA) is 52.6 Å². The zero-order chi connectivity index (χ0) is 11.6. The van der Waals surface area contributed by atoms with Crippen LogP contribution in [0.25, 0.3) is 0 Å². The van der Waals surface area contributed by atoms with E-state index in [9.17, 15) is 8.42 Å². The van der Waals surface area contributed by atoms with Crippen LogP contribution in [0.2, 0.25) is 0 Å². The smallest absolute Gasteiger partial charge is 0.209 e. The van der Waals surface area contributed by atoms with Crippen LogP contribution in [0.1, 0.15) is 0 Å². The molecule has 1 aromatic rings. The van der Waals surface area contributed by atoms with Crippen LogP contribution in [0, 0.1) is 0 Å². The molecule has 0 unspecified atom stereocenters. The van der Waals surface area contributed by atoms with E-state index in [0.717, 1.165) is 0 Å². The van der Waals surface area contributed by atoms with E-state index in [0.29, 0.717) is 0 Å². The lowest BCUT2D eigenvalue weighted by molar-refractivity contribution is -0.0789. The Hall–Kier alpha value is -1.17. The normalized spacial score (nSPS) is 24.8. The summed E-state index contributed by atoms with van der Waals surface area (Å²) in [5.74, 6) is 0. The molecule has 0 amide bonds. The Morgan fingerprint density at radius 2 is 1.88 bits per heavy atom. The number of rotatable bonds is 3. The summed E-state index contributed by atoms with van der Waals surface area (Å²) >= 11 is 0. The summed E-state index contributed by atoms with van der Waals surface area (Å²) in [4.78, 5) is 0.251. The molecule has 0 bridgehead atoms. The van der Waals surface area contributed by atoms with Crippen molar-refractivity contribution >= 4 is 9.84 Å². The Kier molecular flexibility index (Phi) is 3.09. The van der Waals surface area contributed by atoms with E-state index >= 15 is 0 Å². The fraction of sp³-hybridized carbons (Fsp3) is 0.273. The van der Waals surface area contributed by atoms with Crippen molar-refractivity contribution in [3.8, 4) is 0 Å². The zero-order valence-electron chi connectivity index (χ0n) is 8.74. The highest BCUT2D eigenvalue weighted by Gasteiger charge is 2.31. The van der Waals surface area contributed by atoms with Crippen molar-refractivity contribution in [2.75, 3.05) is 7.11 Å². The predicted molar refractivity (Wildman–Crippen MR) is 58.4 cm³/mol. The molecule has 0 saturated carbocycles. The first kappa shape index (κ1) is 11.3. The van der Waals surface area contributed by atoms with Crippen LogP contribution in [-0.2, 0) is 19.3 Å². The molecule has 0 fully saturated rings. The average Bonchev–Trinajstić information content (AvgIpc) is 2.79. The number of hydrogen-bond acceptors (Lipinski definition) is 4. The number of ether oxygens (including phenoxy) is 2. The Labute approximate surface area is 94.4 Å². The van der Waals surface area contributed by atoms with Crippen molar-refractivity contribution < 1.29 is 17.9 Å². The summed E-state index contributed by atoms with van der Waals surface area (Å²) in [6, 6.07) is 8.22. The van der Waals surface area contributed by atoms with Gasteiger partial charge >= 0.3 is 0 Å². The van der Waals surface area contributed by atoms with E-state index < -0.39 is 21.6 Å². The van der Waals surface area contributed by atoms with E-state index in [4.69, 9.17) is 9.47 Å². The fourth-order valence-electron chi connectivity index (χ4n) is 1.46. The third-order valence-corrected chi connectivity index (χ3v) is 4.11. The minimum Gasteiger partial charge on any atom is -0.352 e. The van der Waals surface area contributed by atoms with Gasteiger partial charge in [0.05, 0.1) is 4.90 Å². The van der Waals surface area contributed by atoms with Crippen molar-refractivity contribution in [2.45, 2.75) is 16.6 Å². The first-order chi connectivity index (χ1) is 7.64. The van der Waals surface area contributed by atoms with Crippen LogP contribution in [0.4, 0.5) is 0 Å². The van der Waals surface area contributed by atoms with Crippen LogP contribution in [-0.4, -0.2) is 27.3 Å². The molecule has 0 N–H and O–H groups in total. The highest BCUT2D eigenvalue weighted by molar-refractivity contribution is 7.92. The summed E-state index contributed by atoms with van der Waals surface area (Å²) in [7, 11) is -2.01. The second-order valence-electron chi connectivity index (χ2n) is 3.35. The molecule has 1 aliphatic rings. The summed E-state index contributed by atoms with van der Waals surface area (Å²) in [6.07, 6.45) is 2.50. The quantitative estimate of drug-likeness (QED) is 0.748. The molecule has 0 radical (unpaired) electrons. The largest absolute Gasteiger partial charge is 0.352 e. The van der Waals surface area contributed by atoms with E-state index in [-0.39, 0.29) is 4.90 Å². The minimum atomic E-state index is -3.47. The van der Waals surface area contributed by atoms with Gasteiger partial charge in [-0.3, -0.25) is 0 Å². The molecule has 4 nitrogen and oxygen atoms in total. The summed E-state index contributed by atoms with van der Waals surface area (Å²) in [5, 5.41) is 0. The van der Waals surface area contributed by atoms with E-state index in [1.165, 1.54) is 13.2 Å². The fourth-order valence-corrected chi connectivity index (χ4v) is 2.82. The molecule has 2 rings (SSSR count). The van der Waals surface area contributed by atoms with Gasteiger partial charge in [0.1, 0.15) is 0 Å². The Balaban J connectivity index is 2.26. The molecule has 1 aliphatic heterocycles. The summed E-state index contributed by atoms with van der Waals surface area (Å²) in [6.45, 7) is 0. The predicted octanol–water partition coefficient (Wildman–Crippen LogP) is 1.35.